The molecule has 40 heavy (non-hydrogen) atoms. The molecule has 4 aromatic rings. The van der Waals surface area contributed by atoms with Gasteiger partial charge in [-0.05, 0) is 47.4 Å². The van der Waals surface area contributed by atoms with Crippen molar-refractivity contribution in [2.75, 3.05) is 27.4 Å². The van der Waals surface area contributed by atoms with Gasteiger partial charge in [0.05, 0.1) is 31.3 Å². The number of hydrogen-bond acceptors (Lipinski definition) is 6. The van der Waals surface area contributed by atoms with Crippen LogP contribution < -0.4 is 9.47 Å². The van der Waals surface area contributed by atoms with Crippen LogP contribution in [0.2, 0.25) is 0 Å². The molecule has 3 aromatic carbocycles. The van der Waals surface area contributed by atoms with Crippen molar-refractivity contribution in [1.82, 2.24) is 14.5 Å². The minimum atomic E-state index is -4.77. The number of carbonyl (C=O) groups excluding carboxylic acids is 2. The summed E-state index contributed by atoms with van der Waals surface area (Å²) >= 11 is 0. The van der Waals surface area contributed by atoms with Crippen LogP contribution in [0.4, 0.5) is 13.2 Å². The number of benzene rings is 3. The lowest BCUT2D eigenvalue weighted by atomic mass is 9.87. The number of alkyl halides is 3. The monoisotopic (exact) mass is 553 g/mol. The van der Waals surface area contributed by atoms with Gasteiger partial charge in [0, 0.05) is 6.54 Å². The number of ether oxygens (including phenoxy) is 3. The fraction of sp³-hybridized carbons (Fsp3) is 0.276. The van der Waals surface area contributed by atoms with E-state index in [2.05, 4.69) is 4.98 Å². The third kappa shape index (κ3) is 5.18. The van der Waals surface area contributed by atoms with E-state index < -0.39 is 43.1 Å². The molecule has 208 valence electrons. The molecule has 8 nitrogen and oxygen atoms in total. The number of hydrogen-bond donors (Lipinski definition) is 0. The van der Waals surface area contributed by atoms with Gasteiger partial charge < -0.3 is 23.7 Å². The zero-order valence-corrected chi connectivity index (χ0v) is 21.8. The first-order chi connectivity index (χ1) is 19.2. The van der Waals surface area contributed by atoms with Gasteiger partial charge in [-0.25, -0.2) is 4.98 Å². The Hall–Kier alpha value is -4.54. The third-order valence-corrected chi connectivity index (χ3v) is 6.86. The second-order valence-electron chi connectivity index (χ2n) is 9.23. The van der Waals surface area contributed by atoms with Crippen LogP contribution in [-0.4, -0.2) is 53.7 Å². The van der Waals surface area contributed by atoms with Crippen molar-refractivity contribution >= 4 is 22.9 Å². The minimum absolute atomic E-state index is 0.100. The lowest BCUT2D eigenvalue weighted by Gasteiger charge is -2.38. The van der Waals surface area contributed by atoms with Gasteiger partial charge in [0.1, 0.15) is 6.54 Å². The van der Waals surface area contributed by atoms with E-state index in [0.717, 1.165) is 21.3 Å². The van der Waals surface area contributed by atoms with Crippen LogP contribution in [0.1, 0.15) is 28.6 Å². The van der Waals surface area contributed by atoms with E-state index in [1.807, 2.05) is 42.5 Å². The summed E-state index contributed by atoms with van der Waals surface area (Å²) in [4.78, 5) is 31.3. The number of nitrogens with zero attached hydrogens (tertiary/aromatic N) is 3. The zero-order valence-electron chi connectivity index (χ0n) is 21.8. The third-order valence-electron chi connectivity index (χ3n) is 6.86. The molecule has 11 heteroatoms. The van der Waals surface area contributed by atoms with Crippen molar-refractivity contribution in [3.63, 3.8) is 0 Å². The van der Waals surface area contributed by atoms with Crippen LogP contribution in [-0.2, 0) is 33.5 Å². The highest BCUT2D eigenvalue weighted by Crippen LogP contribution is 2.41. The molecule has 0 N–H and O–H groups in total. The molecular formula is C29H26F3N3O5. The van der Waals surface area contributed by atoms with Crippen molar-refractivity contribution in [3.8, 4) is 11.5 Å². The number of methoxy groups -OCH3 is 2. The number of carbonyl (C=O) groups is 2. The molecule has 0 aliphatic carbocycles. The molecular weight excluding hydrogens is 527 g/mol. The van der Waals surface area contributed by atoms with Gasteiger partial charge in [0.15, 0.2) is 18.1 Å². The molecule has 1 aliphatic heterocycles. The lowest BCUT2D eigenvalue weighted by Crippen LogP contribution is -2.42. The number of imidazole rings is 1. The fourth-order valence-corrected chi connectivity index (χ4v) is 5.06. The molecule has 1 aromatic heterocycles. The van der Waals surface area contributed by atoms with E-state index in [9.17, 15) is 22.8 Å². The van der Waals surface area contributed by atoms with Gasteiger partial charge in [0.2, 0.25) is 5.82 Å². The summed E-state index contributed by atoms with van der Waals surface area (Å²) in [6.07, 6.45) is -4.25. The summed E-state index contributed by atoms with van der Waals surface area (Å²) < 4.78 is 57.7. The molecule has 0 fully saturated rings. The van der Waals surface area contributed by atoms with Crippen LogP contribution in [0.5, 0.6) is 11.5 Å². The largest absolute Gasteiger partial charge is 0.493 e. The van der Waals surface area contributed by atoms with Crippen molar-refractivity contribution in [2.45, 2.75) is 25.2 Å². The Balaban J connectivity index is 1.38. The number of amides is 1. The number of fused-ring (bicyclic) bond motifs is 2. The summed E-state index contributed by atoms with van der Waals surface area (Å²) in [5.41, 5.74) is 2.91. The normalized spacial score (nSPS) is 15.0. The van der Waals surface area contributed by atoms with E-state index in [1.54, 1.807) is 24.1 Å². The topological polar surface area (TPSA) is 82.9 Å². The summed E-state index contributed by atoms with van der Waals surface area (Å²) in [5, 5.41) is 0. The predicted molar refractivity (Wildman–Crippen MR) is 139 cm³/mol. The van der Waals surface area contributed by atoms with E-state index in [1.165, 1.54) is 19.2 Å². The lowest BCUT2D eigenvalue weighted by molar-refractivity contribution is -0.155. The second-order valence-corrected chi connectivity index (χ2v) is 9.23. The highest BCUT2D eigenvalue weighted by atomic mass is 19.4. The Bertz CT molecular complexity index is 1550. The molecule has 1 atom stereocenters. The maximum atomic E-state index is 13.6. The van der Waals surface area contributed by atoms with Crippen molar-refractivity contribution in [3.05, 3.63) is 89.2 Å². The van der Waals surface area contributed by atoms with Gasteiger partial charge in [-0.1, -0.05) is 42.5 Å². The quantitative estimate of drug-likeness (QED) is 0.306. The molecule has 1 unspecified atom stereocenters. The van der Waals surface area contributed by atoms with Gasteiger partial charge in [-0.3, -0.25) is 9.59 Å². The van der Waals surface area contributed by atoms with E-state index >= 15 is 0 Å². The standard InChI is InChI=1S/C29H26F3N3O5/c1-38-23-14-19-12-13-34(27(18-8-4-3-5-9-18)20(19)15-24(23)39-2)25(36)17-40-26(37)16-35-22-11-7-6-10-21(22)33-28(35)29(30,31)32/h3-11,14-15,27H,12-13,16-17H2,1-2H3. The predicted octanol–water partition coefficient (Wildman–Crippen LogP) is 4.79. The number of halogens is 3. The Morgan fingerprint density at radius 3 is 2.35 bits per heavy atom. The summed E-state index contributed by atoms with van der Waals surface area (Å²) in [7, 11) is 3.08. The highest BCUT2D eigenvalue weighted by Gasteiger charge is 2.38. The number of esters is 1. The van der Waals surface area contributed by atoms with Gasteiger partial charge in [-0.15, -0.1) is 0 Å². The first-order valence-electron chi connectivity index (χ1n) is 12.5. The Morgan fingerprint density at radius 1 is 0.975 bits per heavy atom. The summed E-state index contributed by atoms with van der Waals surface area (Å²) in [6.45, 7) is -1.04. The average molecular weight is 554 g/mol. The van der Waals surface area contributed by atoms with Gasteiger partial charge >= 0.3 is 12.1 Å². The Labute approximate surface area is 227 Å². The molecule has 1 amide bonds. The fourth-order valence-electron chi connectivity index (χ4n) is 5.06. The maximum absolute atomic E-state index is 13.6. The minimum Gasteiger partial charge on any atom is -0.493 e. The number of rotatable bonds is 7. The Morgan fingerprint density at radius 2 is 1.65 bits per heavy atom. The highest BCUT2D eigenvalue weighted by molar-refractivity contribution is 5.83. The molecule has 0 bridgehead atoms. The van der Waals surface area contributed by atoms with Crippen molar-refractivity contribution in [2.24, 2.45) is 0 Å². The zero-order chi connectivity index (χ0) is 28.4. The van der Waals surface area contributed by atoms with Crippen LogP contribution in [0.15, 0.2) is 66.7 Å². The van der Waals surface area contributed by atoms with Crippen LogP contribution in [0, 0.1) is 0 Å². The number of aromatic nitrogens is 2. The average Bonchev–Trinajstić information content (AvgIpc) is 3.33. The molecule has 2 heterocycles. The Kier molecular flexibility index (Phi) is 7.38. The maximum Gasteiger partial charge on any atom is 0.449 e. The first-order valence-corrected chi connectivity index (χ1v) is 12.5. The second kappa shape index (κ2) is 10.9. The van der Waals surface area contributed by atoms with Gasteiger partial charge in [0.25, 0.3) is 5.91 Å². The van der Waals surface area contributed by atoms with E-state index in [-0.39, 0.29) is 11.0 Å². The molecule has 5 rings (SSSR count). The number of para-hydroxylation sites is 2. The van der Waals surface area contributed by atoms with E-state index in [0.29, 0.717) is 24.5 Å². The van der Waals surface area contributed by atoms with Crippen molar-refractivity contribution < 1.29 is 37.0 Å². The van der Waals surface area contributed by atoms with E-state index in [4.69, 9.17) is 14.2 Å². The SMILES string of the molecule is COc1cc2c(cc1OC)C(c1ccccc1)N(C(=O)COC(=O)Cn1c(C(F)(F)F)nc3ccccc31)CC2. The van der Waals surface area contributed by atoms with Gasteiger partial charge in [-0.2, -0.15) is 13.2 Å². The molecule has 0 radical (unpaired) electrons. The molecule has 0 saturated carbocycles. The summed E-state index contributed by atoms with van der Waals surface area (Å²) in [6, 6.07) is 18.6. The van der Waals surface area contributed by atoms with Crippen LogP contribution in [0.25, 0.3) is 11.0 Å². The smallest absolute Gasteiger partial charge is 0.449 e. The van der Waals surface area contributed by atoms with Crippen LogP contribution >= 0.6 is 0 Å². The molecule has 0 spiro atoms. The summed E-state index contributed by atoms with van der Waals surface area (Å²) in [5.74, 6) is -1.59. The molecule has 1 aliphatic rings. The van der Waals surface area contributed by atoms with Crippen molar-refractivity contribution in [1.29, 1.82) is 0 Å². The molecule has 0 saturated heterocycles. The van der Waals surface area contributed by atoms with Crippen LogP contribution in [0.3, 0.4) is 0 Å². The first kappa shape index (κ1) is 27.0.